The summed E-state index contributed by atoms with van der Waals surface area (Å²) in [4.78, 5) is 22.7. The number of halogens is 3. The Labute approximate surface area is 141 Å². The summed E-state index contributed by atoms with van der Waals surface area (Å²) in [6.07, 6.45) is -4.40. The average molecular weight is 355 g/mol. The molecule has 0 atom stereocenters. The lowest BCUT2D eigenvalue weighted by molar-refractivity contribution is -0.137. The van der Waals surface area contributed by atoms with Gasteiger partial charge in [0.1, 0.15) is 0 Å². The van der Waals surface area contributed by atoms with Gasteiger partial charge >= 0.3 is 12.1 Å². The number of aromatic carboxylic acids is 1. The first-order valence-corrected chi connectivity index (χ1v) is 7.30. The molecule has 1 heterocycles. The number of amides is 1. The topological polar surface area (TPSA) is 79.5 Å². The molecule has 0 bridgehead atoms. The molecule has 0 fully saturated rings. The second-order valence-electron chi connectivity index (χ2n) is 6.11. The van der Waals surface area contributed by atoms with E-state index in [4.69, 9.17) is 9.52 Å². The minimum atomic E-state index is -4.40. The van der Waals surface area contributed by atoms with E-state index in [1.807, 2.05) is 0 Å². The van der Waals surface area contributed by atoms with Crippen molar-refractivity contribution >= 4 is 11.9 Å². The van der Waals surface area contributed by atoms with E-state index in [0.29, 0.717) is 5.56 Å². The number of carboxylic acids is 1. The summed E-state index contributed by atoms with van der Waals surface area (Å²) >= 11 is 0. The lowest BCUT2D eigenvalue weighted by Gasteiger charge is -2.26. The van der Waals surface area contributed by atoms with Crippen LogP contribution in [0.25, 0.3) is 0 Å². The van der Waals surface area contributed by atoms with Gasteiger partial charge in [0.15, 0.2) is 5.76 Å². The molecule has 2 rings (SSSR count). The zero-order valence-electron chi connectivity index (χ0n) is 13.5. The molecule has 2 N–H and O–H groups in total. The number of carboxylic acid groups (broad SMARTS) is 1. The predicted octanol–water partition coefficient (Wildman–Crippen LogP) is 3.70. The van der Waals surface area contributed by atoms with Gasteiger partial charge in [-0.25, -0.2) is 4.79 Å². The summed E-state index contributed by atoms with van der Waals surface area (Å²) in [5.74, 6) is -2.40. The maximum absolute atomic E-state index is 12.6. The van der Waals surface area contributed by atoms with E-state index in [9.17, 15) is 22.8 Å². The van der Waals surface area contributed by atoms with E-state index in [2.05, 4.69) is 5.32 Å². The standard InChI is InChI=1S/C17H16F3NO4/c1-16(2,10-3-5-11(6-4-10)17(18,19)20)9-21-14(22)12-7-8-13(25-12)15(23)24/h3-8H,9H2,1-2H3,(H,21,22)(H,23,24). The van der Waals surface area contributed by atoms with Crippen LogP contribution in [0, 0.1) is 0 Å². The van der Waals surface area contributed by atoms with Crippen molar-refractivity contribution in [1.29, 1.82) is 0 Å². The SMILES string of the molecule is CC(C)(CNC(=O)c1ccc(C(=O)O)o1)c1ccc(C(F)(F)F)cc1. The molecule has 0 aliphatic carbocycles. The van der Waals surface area contributed by atoms with Gasteiger partial charge in [0, 0.05) is 12.0 Å². The van der Waals surface area contributed by atoms with E-state index in [-0.39, 0.29) is 18.1 Å². The first-order chi connectivity index (χ1) is 11.5. The number of rotatable bonds is 5. The summed E-state index contributed by atoms with van der Waals surface area (Å²) in [5.41, 5.74) is -0.763. The van der Waals surface area contributed by atoms with Crippen LogP contribution in [0.2, 0.25) is 0 Å². The molecule has 25 heavy (non-hydrogen) atoms. The van der Waals surface area contributed by atoms with E-state index < -0.39 is 29.0 Å². The fraction of sp³-hybridized carbons (Fsp3) is 0.294. The summed E-state index contributed by atoms with van der Waals surface area (Å²) in [6.45, 7) is 3.65. The van der Waals surface area contributed by atoms with Crippen LogP contribution in [0.4, 0.5) is 13.2 Å². The summed E-state index contributed by atoms with van der Waals surface area (Å²) in [5, 5.41) is 11.3. The number of hydrogen-bond donors (Lipinski definition) is 2. The molecule has 1 aromatic heterocycles. The maximum atomic E-state index is 12.6. The second kappa shape index (κ2) is 6.62. The molecule has 0 spiro atoms. The van der Waals surface area contributed by atoms with Gasteiger partial charge < -0.3 is 14.8 Å². The lowest BCUT2D eigenvalue weighted by Crippen LogP contribution is -2.36. The number of carbonyl (C=O) groups excluding carboxylic acids is 1. The van der Waals surface area contributed by atoms with Crippen molar-refractivity contribution in [3.8, 4) is 0 Å². The molecule has 2 aromatic rings. The van der Waals surface area contributed by atoms with Crippen molar-refractivity contribution in [2.24, 2.45) is 0 Å². The zero-order chi connectivity index (χ0) is 18.8. The highest BCUT2D eigenvalue weighted by atomic mass is 19.4. The Bertz CT molecular complexity index is 776. The van der Waals surface area contributed by atoms with Crippen LogP contribution in [0.5, 0.6) is 0 Å². The molecule has 0 aliphatic heterocycles. The van der Waals surface area contributed by atoms with E-state index in [1.54, 1.807) is 13.8 Å². The van der Waals surface area contributed by atoms with Crippen LogP contribution < -0.4 is 5.32 Å². The van der Waals surface area contributed by atoms with Crippen LogP contribution >= 0.6 is 0 Å². The third-order valence-corrected chi connectivity index (χ3v) is 3.73. The van der Waals surface area contributed by atoms with E-state index in [0.717, 1.165) is 18.2 Å². The lowest BCUT2D eigenvalue weighted by atomic mass is 9.84. The Hall–Kier alpha value is -2.77. The van der Waals surface area contributed by atoms with Crippen LogP contribution in [0.1, 0.15) is 46.1 Å². The number of carbonyl (C=O) groups is 2. The Morgan fingerprint density at radius 2 is 1.52 bits per heavy atom. The summed E-state index contributed by atoms with van der Waals surface area (Å²) < 4.78 is 42.7. The van der Waals surface area contributed by atoms with Crippen molar-refractivity contribution < 1.29 is 32.3 Å². The van der Waals surface area contributed by atoms with Crippen LogP contribution in [-0.4, -0.2) is 23.5 Å². The molecule has 1 amide bonds. The quantitative estimate of drug-likeness (QED) is 0.857. The van der Waals surface area contributed by atoms with Crippen molar-refractivity contribution in [3.05, 3.63) is 59.0 Å². The highest BCUT2D eigenvalue weighted by Gasteiger charge is 2.31. The molecule has 0 saturated carbocycles. The second-order valence-corrected chi connectivity index (χ2v) is 6.11. The molecule has 134 valence electrons. The smallest absolute Gasteiger partial charge is 0.416 e. The molecule has 0 radical (unpaired) electrons. The molecule has 0 aliphatic rings. The van der Waals surface area contributed by atoms with Gasteiger partial charge in [0.25, 0.3) is 5.91 Å². The Morgan fingerprint density at radius 1 is 1.00 bits per heavy atom. The van der Waals surface area contributed by atoms with E-state index >= 15 is 0 Å². The number of hydrogen-bond acceptors (Lipinski definition) is 3. The van der Waals surface area contributed by atoms with Gasteiger partial charge in [0.2, 0.25) is 5.76 Å². The van der Waals surface area contributed by atoms with Crippen molar-refractivity contribution in [2.75, 3.05) is 6.54 Å². The molecular weight excluding hydrogens is 339 g/mol. The van der Waals surface area contributed by atoms with Gasteiger partial charge in [0.05, 0.1) is 5.56 Å². The van der Waals surface area contributed by atoms with Crippen LogP contribution in [0.3, 0.4) is 0 Å². The highest BCUT2D eigenvalue weighted by molar-refractivity contribution is 5.93. The largest absolute Gasteiger partial charge is 0.475 e. The molecule has 5 nitrogen and oxygen atoms in total. The summed E-state index contributed by atoms with van der Waals surface area (Å²) in [7, 11) is 0. The fourth-order valence-corrected chi connectivity index (χ4v) is 2.18. The maximum Gasteiger partial charge on any atom is 0.416 e. The number of benzene rings is 1. The minimum Gasteiger partial charge on any atom is -0.475 e. The highest BCUT2D eigenvalue weighted by Crippen LogP contribution is 2.31. The molecular formula is C17H16F3NO4. The van der Waals surface area contributed by atoms with Crippen molar-refractivity contribution in [3.63, 3.8) is 0 Å². The van der Waals surface area contributed by atoms with Crippen molar-refractivity contribution in [1.82, 2.24) is 5.32 Å². The summed E-state index contributed by atoms with van der Waals surface area (Å²) in [6, 6.07) is 7.12. The first-order valence-electron chi connectivity index (χ1n) is 7.30. The van der Waals surface area contributed by atoms with Gasteiger partial charge in [-0.2, -0.15) is 13.2 Å². The fourth-order valence-electron chi connectivity index (χ4n) is 2.18. The normalized spacial score (nSPS) is 12.0. The van der Waals surface area contributed by atoms with Gasteiger partial charge in [-0.1, -0.05) is 26.0 Å². The molecule has 0 saturated heterocycles. The van der Waals surface area contributed by atoms with Gasteiger partial charge in [-0.05, 0) is 29.8 Å². The van der Waals surface area contributed by atoms with E-state index in [1.165, 1.54) is 18.2 Å². The number of furan rings is 1. The van der Waals surface area contributed by atoms with Gasteiger partial charge in [-0.3, -0.25) is 4.79 Å². The molecule has 0 unspecified atom stereocenters. The number of alkyl halides is 3. The monoisotopic (exact) mass is 355 g/mol. The minimum absolute atomic E-state index is 0.125. The molecule has 1 aromatic carbocycles. The van der Waals surface area contributed by atoms with Crippen molar-refractivity contribution in [2.45, 2.75) is 25.4 Å². The molecule has 8 heteroatoms. The predicted molar refractivity (Wildman–Crippen MR) is 82.5 cm³/mol. The Balaban J connectivity index is 2.05. The van der Waals surface area contributed by atoms with Gasteiger partial charge in [-0.15, -0.1) is 0 Å². The van der Waals surface area contributed by atoms with Crippen LogP contribution in [-0.2, 0) is 11.6 Å². The third-order valence-electron chi connectivity index (χ3n) is 3.73. The zero-order valence-corrected chi connectivity index (χ0v) is 13.5. The Morgan fingerprint density at radius 3 is 2.00 bits per heavy atom. The Kier molecular flexibility index (Phi) is 4.92. The average Bonchev–Trinajstić information content (AvgIpc) is 3.02. The van der Waals surface area contributed by atoms with Crippen LogP contribution in [0.15, 0.2) is 40.8 Å². The third kappa shape index (κ3) is 4.40. The number of nitrogens with one attached hydrogen (secondary N) is 1. The first kappa shape index (κ1) is 18.6.